The molecule has 2 atom stereocenters. The van der Waals surface area contributed by atoms with Crippen molar-refractivity contribution in [1.82, 2.24) is 0 Å². The summed E-state index contributed by atoms with van der Waals surface area (Å²) in [6.45, 7) is 4.08. The maximum atomic E-state index is 12.3. The number of rotatable bonds is 3. The third-order valence-electron chi connectivity index (χ3n) is 2.46. The van der Waals surface area contributed by atoms with E-state index in [1.165, 1.54) is 13.8 Å². The smallest absolute Gasteiger partial charge is 0.377 e. The molecule has 1 aliphatic carbocycles. The molecule has 0 radical (unpaired) electrons. The average molecular weight is 196 g/mol. The van der Waals surface area contributed by atoms with Crippen molar-refractivity contribution in [2.24, 2.45) is 11.3 Å². The highest BCUT2D eigenvalue weighted by molar-refractivity contribution is 4.85. The van der Waals surface area contributed by atoms with Gasteiger partial charge in [0.15, 0.2) is 0 Å². The third kappa shape index (κ3) is 2.59. The minimum absolute atomic E-state index is 0.0571. The van der Waals surface area contributed by atoms with Crippen LogP contribution in [0.2, 0.25) is 0 Å². The first-order valence-electron chi connectivity index (χ1n) is 4.42. The number of alkyl halides is 3. The quantitative estimate of drug-likeness (QED) is 0.674. The fourth-order valence-electron chi connectivity index (χ4n) is 0.917. The van der Waals surface area contributed by atoms with Crippen LogP contribution in [0.5, 0.6) is 0 Å². The summed E-state index contributed by atoms with van der Waals surface area (Å²) in [5.74, 6) is 0.434. The molecule has 0 aromatic heterocycles. The van der Waals surface area contributed by atoms with Gasteiger partial charge in [-0.1, -0.05) is 6.92 Å². The molecule has 0 aromatic carbocycles. The van der Waals surface area contributed by atoms with Gasteiger partial charge in [-0.2, -0.15) is 13.2 Å². The molecule has 0 N–H and O–H groups in total. The third-order valence-corrected chi connectivity index (χ3v) is 2.46. The summed E-state index contributed by atoms with van der Waals surface area (Å²) < 4.78 is 42.1. The van der Waals surface area contributed by atoms with E-state index in [-0.39, 0.29) is 12.7 Å². The molecule has 0 heterocycles. The SMILES string of the molecule is CC1C[C@@H]1OCC(C)(C)C(F)(F)F. The van der Waals surface area contributed by atoms with E-state index in [0.717, 1.165) is 6.42 Å². The lowest BCUT2D eigenvalue weighted by molar-refractivity contribution is -0.228. The molecule has 0 bridgehead atoms. The first kappa shape index (κ1) is 10.8. The second-order valence-corrected chi connectivity index (χ2v) is 4.44. The summed E-state index contributed by atoms with van der Waals surface area (Å²) in [6.07, 6.45) is -3.22. The lowest BCUT2D eigenvalue weighted by atomic mass is 9.94. The average Bonchev–Trinajstić information content (AvgIpc) is 2.60. The maximum Gasteiger partial charge on any atom is 0.396 e. The lowest BCUT2D eigenvalue weighted by Crippen LogP contribution is -2.36. The summed E-state index contributed by atoms with van der Waals surface area (Å²) in [6, 6.07) is 0. The Bertz CT molecular complexity index is 186. The van der Waals surface area contributed by atoms with Crippen LogP contribution in [0.25, 0.3) is 0 Å². The van der Waals surface area contributed by atoms with Gasteiger partial charge in [-0.25, -0.2) is 0 Å². The summed E-state index contributed by atoms with van der Waals surface area (Å²) >= 11 is 0. The largest absolute Gasteiger partial charge is 0.396 e. The van der Waals surface area contributed by atoms with Gasteiger partial charge >= 0.3 is 6.18 Å². The van der Waals surface area contributed by atoms with E-state index in [1.54, 1.807) is 0 Å². The minimum atomic E-state index is -4.18. The van der Waals surface area contributed by atoms with E-state index < -0.39 is 11.6 Å². The molecule has 0 amide bonds. The van der Waals surface area contributed by atoms with Crippen LogP contribution in [0, 0.1) is 11.3 Å². The van der Waals surface area contributed by atoms with Crippen molar-refractivity contribution in [3.05, 3.63) is 0 Å². The summed E-state index contributed by atoms with van der Waals surface area (Å²) in [5, 5.41) is 0. The molecule has 1 rings (SSSR count). The molecule has 78 valence electrons. The first-order chi connectivity index (χ1) is 5.74. The van der Waals surface area contributed by atoms with E-state index in [4.69, 9.17) is 4.74 Å². The van der Waals surface area contributed by atoms with Crippen molar-refractivity contribution in [3.8, 4) is 0 Å². The van der Waals surface area contributed by atoms with E-state index in [9.17, 15) is 13.2 Å². The van der Waals surface area contributed by atoms with Crippen LogP contribution in [0.15, 0.2) is 0 Å². The fourth-order valence-corrected chi connectivity index (χ4v) is 0.917. The monoisotopic (exact) mass is 196 g/mol. The van der Waals surface area contributed by atoms with Gasteiger partial charge in [-0.15, -0.1) is 0 Å². The van der Waals surface area contributed by atoms with Crippen LogP contribution in [0.4, 0.5) is 13.2 Å². The standard InChI is InChI=1S/C9H15F3O/c1-6-4-7(6)13-5-8(2,3)9(10,11)12/h6-7H,4-5H2,1-3H3/t6?,7-/m0/s1. The van der Waals surface area contributed by atoms with Gasteiger partial charge in [-0.3, -0.25) is 0 Å². The zero-order chi connectivity index (χ0) is 10.3. The van der Waals surface area contributed by atoms with Gasteiger partial charge in [0.2, 0.25) is 0 Å². The van der Waals surface area contributed by atoms with E-state index in [0.29, 0.717) is 5.92 Å². The Morgan fingerprint density at radius 2 is 1.77 bits per heavy atom. The van der Waals surface area contributed by atoms with Crippen LogP contribution in [0.1, 0.15) is 27.2 Å². The minimum Gasteiger partial charge on any atom is -0.377 e. The van der Waals surface area contributed by atoms with Gasteiger partial charge in [0.05, 0.1) is 18.1 Å². The van der Waals surface area contributed by atoms with Gasteiger partial charge in [0, 0.05) is 0 Å². The van der Waals surface area contributed by atoms with Crippen molar-refractivity contribution < 1.29 is 17.9 Å². The molecule has 1 aliphatic rings. The van der Waals surface area contributed by atoms with Crippen LogP contribution in [0.3, 0.4) is 0 Å². The summed E-state index contributed by atoms with van der Waals surface area (Å²) in [4.78, 5) is 0. The second-order valence-electron chi connectivity index (χ2n) is 4.44. The van der Waals surface area contributed by atoms with Gasteiger partial charge in [-0.05, 0) is 26.2 Å². The van der Waals surface area contributed by atoms with Crippen LogP contribution in [-0.2, 0) is 4.74 Å². The van der Waals surface area contributed by atoms with E-state index in [1.807, 2.05) is 6.92 Å². The second kappa shape index (κ2) is 3.15. The highest BCUT2D eigenvalue weighted by Crippen LogP contribution is 2.40. The number of hydrogen-bond acceptors (Lipinski definition) is 1. The molecule has 0 saturated heterocycles. The van der Waals surface area contributed by atoms with Crippen LogP contribution in [-0.4, -0.2) is 18.9 Å². The predicted octanol–water partition coefficient (Wildman–Crippen LogP) is 3.00. The number of hydrogen-bond donors (Lipinski definition) is 0. The molecule has 0 aromatic rings. The topological polar surface area (TPSA) is 9.23 Å². The van der Waals surface area contributed by atoms with E-state index >= 15 is 0 Å². The van der Waals surface area contributed by atoms with Gasteiger partial charge < -0.3 is 4.74 Å². The van der Waals surface area contributed by atoms with Crippen molar-refractivity contribution in [1.29, 1.82) is 0 Å². The Labute approximate surface area is 76.3 Å². The molecule has 4 heteroatoms. The molecular formula is C9H15F3O. The molecule has 0 aliphatic heterocycles. The normalized spacial score (nSPS) is 29.1. The molecule has 1 unspecified atom stereocenters. The Morgan fingerprint density at radius 1 is 1.31 bits per heavy atom. The Balaban J connectivity index is 2.34. The highest BCUT2D eigenvalue weighted by atomic mass is 19.4. The van der Waals surface area contributed by atoms with Gasteiger partial charge in [0.1, 0.15) is 0 Å². The van der Waals surface area contributed by atoms with Crippen LogP contribution < -0.4 is 0 Å². The molecule has 13 heavy (non-hydrogen) atoms. The fraction of sp³-hybridized carbons (Fsp3) is 1.00. The zero-order valence-electron chi connectivity index (χ0n) is 8.11. The maximum absolute atomic E-state index is 12.3. The molecule has 1 saturated carbocycles. The van der Waals surface area contributed by atoms with Crippen LogP contribution >= 0.6 is 0 Å². The summed E-state index contributed by atoms with van der Waals surface area (Å²) in [7, 11) is 0. The predicted molar refractivity (Wildman–Crippen MR) is 43.4 cm³/mol. The Morgan fingerprint density at radius 3 is 2.08 bits per heavy atom. The van der Waals surface area contributed by atoms with Crippen molar-refractivity contribution >= 4 is 0 Å². The van der Waals surface area contributed by atoms with E-state index in [2.05, 4.69) is 0 Å². The number of halogens is 3. The zero-order valence-corrected chi connectivity index (χ0v) is 8.11. The number of ether oxygens (including phenoxy) is 1. The van der Waals surface area contributed by atoms with Crippen molar-refractivity contribution in [3.63, 3.8) is 0 Å². The lowest BCUT2D eigenvalue weighted by Gasteiger charge is -2.27. The van der Waals surface area contributed by atoms with Crippen molar-refractivity contribution in [2.45, 2.75) is 39.5 Å². The Kier molecular flexibility index (Phi) is 2.63. The molecular weight excluding hydrogens is 181 g/mol. The highest BCUT2D eigenvalue weighted by Gasteiger charge is 2.48. The summed E-state index contributed by atoms with van der Waals surface area (Å²) in [5.41, 5.74) is -1.73. The van der Waals surface area contributed by atoms with Crippen molar-refractivity contribution in [2.75, 3.05) is 6.61 Å². The molecule has 1 fully saturated rings. The first-order valence-corrected chi connectivity index (χ1v) is 4.42. The molecule has 1 nitrogen and oxygen atoms in total. The molecule has 0 spiro atoms. The Hall–Kier alpha value is -0.250. The van der Waals surface area contributed by atoms with Gasteiger partial charge in [0.25, 0.3) is 0 Å².